The fraction of sp³-hybridized carbons (Fsp3) is 0.250. The molecule has 1 atom stereocenters. The zero-order valence-corrected chi connectivity index (χ0v) is 16.6. The maximum atomic E-state index is 12.5. The fourth-order valence-electron chi connectivity index (χ4n) is 2.45. The van der Waals surface area contributed by atoms with Crippen molar-refractivity contribution < 1.29 is 22.7 Å². The van der Waals surface area contributed by atoms with Gasteiger partial charge < -0.3 is 9.64 Å². The molecule has 1 amide bonds. The first kappa shape index (κ1) is 22.1. The monoisotopic (exact) mass is 415 g/mol. The van der Waals surface area contributed by atoms with Crippen LogP contribution in [0.15, 0.2) is 65.6 Å². The van der Waals surface area contributed by atoms with E-state index in [1.807, 2.05) is 6.07 Å². The molecule has 0 aliphatic heterocycles. The number of amides is 1. The minimum atomic E-state index is -3.90. The van der Waals surface area contributed by atoms with Crippen LogP contribution < -0.4 is 9.62 Å². The van der Waals surface area contributed by atoms with Crippen LogP contribution in [0.3, 0.4) is 0 Å². The van der Waals surface area contributed by atoms with Crippen molar-refractivity contribution in [3.8, 4) is 6.07 Å². The van der Waals surface area contributed by atoms with Gasteiger partial charge in [-0.3, -0.25) is 9.59 Å². The largest absolute Gasteiger partial charge is 0.454 e. The minimum Gasteiger partial charge on any atom is -0.454 e. The van der Waals surface area contributed by atoms with Crippen LogP contribution in [0.1, 0.15) is 13.3 Å². The molecule has 2 rings (SSSR count). The van der Waals surface area contributed by atoms with E-state index in [9.17, 15) is 18.0 Å². The Morgan fingerprint density at radius 2 is 1.69 bits per heavy atom. The molecule has 1 N–H and O–H groups in total. The molecule has 0 aliphatic carbocycles. The Hall–Kier alpha value is -3.22. The van der Waals surface area contributed by atoms with E-state index in [2.05, 4.69) is 4.72 Å². The molecule has 0 aromatic heterocycles. The molecule has 0 heterocycles. The number of sulfonamides is 1. The van der Waals surface area contributed by atoms with Gasteiger partial charge in [0.05, 0.1) is 17.4 Å². The van der Waals surface area contributed by atoms with Gasteiger partial charge in [-0.1, -0.05) is 36.4 Å². The number of nitriles is 1. The normalized spacial score (nSPS) is 11.9. The number of anilines is 1. The molecular formula is C20H21N3O5S. The molecule has 2 aromatic carbocycles. The van der Waals surface area contributed by atoms with E-state index in [1.54, 1.807) is 48.5 Å². The van der Waals surface area contributed by atoms with Gasteiger partial charge in [-0.15, -0.1) is 0 Å². The summed E-state index contributed by atoms with van der Waals surface area (Å²) >= 11 is 0. The van der Waals surface area contributed by atoms with Gasteiger partial charge in [0.2, 0.25) is 10.0 Å². The summed E-state index contributed by atoms with van der Waals surface area (Å²) in [5.41, 5.74) is 0.571. The number of nitrogens with zero attached hydrogens (tertiary/aromatic N) is 2. The van der Waals surface area contributed by atoms with E-state index in [0.29, 0.717) is 5.69 Å². The summed E-state index contributed by atoms with van der Waals surface area (Å²) in [6, 6.07) is 17.1. The highest BCUT2D eigenvalue weighted by molar-refractivity contribution is 7.89. The van der Waals surface area contributed by atoms with Crippen molar-refractivity contribution in [1.29, 1.82) is 5.26 Å². The molecule has 8 nitrogen and oxygen atoms in total. The summed E-state index contributed by atoms with van der Waals surface area (Å²) in [5, 5.41) is 8.80. The van der Waals surface area contributed by atoms with Crippen LogP contribution >= 0.6 is 0 Å². The van der Waals surface area contributed by atoms with E-state index in [4.69, 9.17) is 10.00 Å². The first-order valence-electron chi connectivity index (χ1n) is 8.81. The van der Waals surface area contributed by atoms with Crippen LogP contribution in [-0.2, 0) is 24.3 Å². The predicted octanol–water partition coefficient (Wildman–Crippen LogP) is 1.84. The van der Waals surface area contributed by atoms with Gasteiger partial charge in [0.25, 0.3) is 5.91 Å². The molecule has 0 radical (unpaired) electrons. The van der Waals surface area contributed by atoms with E-state index in [-0.39, 0.29) is 17.9 Å². The molecular weight excluding hydrogens is 394 g/mol. The fourth-order valence-corrected chi connectivity index (χ4v) is 3.67. The summed E-state index contributed by atoms with van der Waals surface area (Å²) in [4.78, 5) is 26.0. The van der Waals surface area contributed by atoms with Crippen LogP contribution in [0.4, 0.5) is 5.69 Å². The van der Waals surface area contributed by atoms with Crippen molar-refractivity contribution in [3.63, 3.8) is 0 Å². The molecule has 0 bridgehead atoms. The van der Waals surface area contributed by atoms with Crippen molar-refractivity contribution in [2.24, 2.45) is 0 Å². The molecule has 0 fully saturated rings. The third kappa shape index (κ3) is 6.41. The molecule has 0 aliphatic rings. The van der Waals surface area contributed by atoms with Gasteiger partial charge in [0.15, 0.2) is 6.61 Å². The van der Waals surface area contributed by atoms with Crippen molar-refractivity contribution >= 4 is 27.6 Å². The second-order valence-corrected chi connectivity index (χ2v) is 7.77. The Morgan fingerprint density at radius 3 is 2.28 bits per heavy atom. The van der Waals surface area contributed by atoms with E-state index in [0.717, 1.165) is 0 Å². The van der Waals surface area contributed by atoms with E-state index in [1.165, 1.54) is 24.0 Å². The highest BCUT2D eigenvalue weighted by atomic mass is 32.2. The number of benzene rings is 2. The number of carbonyl (C=O) groups excluding carboxylic acids is 2. The van der Waals surface area contributed by atoms with Gasteiger partial charge in [-0.25, -0.2) is 8.42 Å². The van der Waals surface area contributed by atoms with E-state index < -0.39 is 34.5 Å². The molecule has 152 valence electrons. The standard InChI is InChI=1S/C20H21N3O5S/c1-16(22-29(26,27)18-11-6-3-7-12-18)20(25)28-15-19(24)23(14-8-13-21)17-9-4-2-5-10-17/h2-7,9-12,16,22H,8,14-15H2,1H3. The summed E-state index contributed by atoms with van der Waals surface area (Å²) in [5.74, 6) is -1.40. The lowest BCUT2D eigenvalue weighted by molar-refractivity contribution is -0.149. The Balaban J connectivity index is 1.97. The zero-order valence-electron chi connectivity index (χ0n) is 15.8. The third-order valence-corrected chi connectivity index (χ3v) is 5.45. The minimum absolute atomic E-state index is 0.0162. The Labute approximate surface area is 169 Å². The lowest BCUT2D eigenvalue weighted by atomic mass is 10.2. The quantitative estimate of drug-likeness (QED) is 0.625. The van der Waals surface area contributed by atoms with Gasteiger partial charge in [0.1, 0.15) is 6.04 Å². The second-order valence-electron chi connectivity index (χ2n) is 6.05. The van der Waals surface area contributed by atoms with Crippen molar-refractivity contribution in [2.75, 3.05) is 18.1 Å². The molecule has 0 saturated carbocycles. The number of carbonyl (C=O) groups is 2. The zero-order chi connectivity index (χ0) is 21.3. The van der Waals surface area contributed by atoms with Crippen LogP contribution in [0, 0.1) is 11.3 Å². The Kier molecular flexibility index (Phi) is 7.88. The maximum Gasteiger partial charge on any atom is 0.324 e. The average Bonchev–Trinajstić information content (AvgIpc) is 2.73. The topological polar surface area (TPSA) is 117 Å². The third-order valence-electron chi connectivity index (χ3n) is 3.89. The SMILES string of the molecule is CC(NS(=O)(=O)c1ccccc1)C(=O)OCC(=O)N(CCC#N)c1ccccc1. The second kappa shape index (κ2) is 10.4. The summed E-state index contributed by atoms with van der Waals surface area (Å²) in [7, 11) is -3.90. The molecule has 2 aromatic rings. The first-order valence-corrected chi connectivity index (χ1v) is 10.3. The van der Waals surface area contributed by atoms with Gasteiger partial charge in [-0.05, 0) is 31.2 Å². The molecule has 0 spiro atoms. The average molecular weight is 415 g/mol. The highest BCUT2D eigenvalue weighted by Crippen LogP contribution is 2.14. The molecule has 0 saturated heterocycles. The number of hydrogen-bond acceptors (Lipinski definition) is 6. The van der Waals surface area contributed by atoms with Crippen molar-refractivity contribution in [3.05, 3.63) is 60.7 Å². The maximum absolute atomic E-state index is 12.5. The van der Waals surface area contributed by atoms with Gasteiger partial charge in [0, 0.05) is 12.2 Å². The van der Waals surface area contributed by atoms with Crippen molar-refractivity contribution in [1.82, 2.24) is 4.72 Å². The van der Waals surface area contributed by atoms with Crippen LogP contribution in [0.2, 0.25) is 0 Å². The number of hydrogen-bond donors (Lipinski definition) is 1. The van der Waals surface area contributed by atoms with Gasteiger partial charge >= 0.3 is 5.97 Å². The number of rotatable bonds is 9. The number of ether oxygens (including phenoxy) is 1. The Morgan fingerprint density at radius 1 is 1.10 bits per heavy atom. The van der Waals surface area contributed by atoms with Crippen LogP contribution in [0.5, 0.6) is 0 Å². The summed E-state index contributed by atoms with van der Waals surface area (Å²) < 4.78 is 31.8. The summed E-state index contributed by atoms with van der Waals surface area (Å²) in [6.07, 6.45) is 0.113. The summed E-state index contributed by atoms with van der Waals surface area (Å²) in [6.45, 7) is 0.904. The Bertz CT molecular complexity index is 972. The predicted molar refractivity (Wildman–Crippen MR) is 106 cm³/mol. The number of nitrogens with one attached hydrogen (secondary N) is 1. The number of para-hydroxylation sites is 1. The molecule has 1 unspecified atom stereocenters. The van der Waals surface area contributed by atoms with Gasteiger partial charge in [-0.2, -0.15) is 9.98 Å². The smallest absolute Gasteiger partial charge is 0.324 e. The molecule has 9 heteroatoms. The highest BCUT2D eigenvalue weighted by Gasteiger charge is 2.24. The van der Waals surface area contributed by atoms with E-state index >= 15 is 0 Å². The lowest BCUT2D eigenvalue weighted by Gasteiger charge is -2.22. The lowest BCUT2D eigenvalue weighted by Crippen LogP contribution is -2.41. The van der Waals surface area contributed by atoms with Crippen molar-refractivity contribution in [2.45, 2.75) is 24.3 Å². The first-order chi connectivity index (χ1) is 13.8. The van der Waals surface area contributed by atoms with Crippen LogP contribution in [-0.4, -0.2) is 39.5 Å². The number of esters is 1. The van der Waals surface area contributed by atoms with Crippen LogP contribution in [0.25, 0.3) is 0 Å². The molecule has 29 heavy (non-hydrogen) atoms.